The van der Waals surface area contributed by atoms with Crippen LogP contribution in [0.1, 0.15) is 350 Å². The van der Waals surface area contributed by atoms with E-state index in [0.29, 0.717) is 12.1 Å². The van der Waals surface area contributed by atoms with Gasteiger partial charge in [-0.15, -0.1) is 0 Å². The molecule has 394 valence electrons. The van der Waals surface area contributed by atoms with Crippen LogP contribution in [0, 0.1) is 0 Å². The molecule has 3 heteroatoms. The van der Waals surface area contributed by atoms with Crippen LogP contribution < -0.4 is 0 Å². The van der Waals surface area contributed by atoms with Gasteiger partial charge in [0.2, 0.25) is 0 Å². The average Bonchev–Trinajstić information content (AvgIpc) is 4.06. The first-order chi connectivity index (χ1) is 32.7. The first-order valence-corrected chi connectivity index (χ1v) is 31.8. The van der Waals surface area contributed by atoms with Crippen LogP contribution in [0.15, 0.2) is 0 Å². The van der Waals surface area contributed by atoms with E-state index in [2.05, 4.69) is 55.9 Å². The smallest absolute Gasteiger partial charge is 0.191 e. The molecule has 2 atom stereocenters. The number of hydrogen-bond donors (Lipinski definition) is 0. The molecule has 1 rings (SSSR count). The minimum absolute atomic E-state index is 0.672. The maximum absolute atomic E-state index is 3.12. The molecule has 1 aliphatic carbocycles. The van der Waals surface area contributed by atoms with Crippen molar-refractivity contribution in [3.05, 3.63) is 0 Å². The Labute approximate surface area is 419 Å². The maximum Gasteiger partial charge on any atom is 0.191 e. The quantitative estimate of drug-likeness (QED) is 0.0444. The van der Waals surface area contributed by atoms with Gasteiger partial charge in [0.1, 0.15) is 25.2 Å². The molecule has 2 unspecified atom stereocenters. The summed E-state index contributed by atoms with van der Waals surface area (Å²) in [6, 6.07) is 1.34. The molecule has 0 heterocycles. The Kier molecular flexibility index (Phi) is 49.1. The molecule has 0 aromatic carbocycles. The van der Waals surface area contributed by atoms with Crippen LogP contribution in [0.2, 0.25) is 0 Å². The zero-order chi connectivity index (χ0) is 47.6. The first-order valence-electron chi connectivity index (χ1n) is 31.8. The predicted molar refractivity (Wildman–Crippen MR) is 301 cm³/mol. The highest BCUT2D eigenvalue weighted by atomic mass is 15.3. The molecule has 0 saturated heterocycles. The lowest BCUT2D eigenvalue weighted by Gasteiger charge is -2.25. The van der Waals surface area contributed by atoms with Gasteiger partial charge in [-0.05, 0) is 64.7 Å². The molecule has 3 nitrogen and oxygen atoms in total. The SMILES string of the molecule is CCCCCCCCCCN(CCCCCCCCCC)C1C(=[N+](CCCCCCCCCC)CCCCCCCCCC)C1N(CCCCCCCCCC)CCCCCCCCCC. The van der Waals surface area contributed by atoms with E-state index in [4.69, 9.17) is 0 Å². The minimum Gasteiger partial charge on any atom is -0.290 e. The van der Waals surface area contributed by atoms with E-state index >= 15 is 0 Å². The molecule has 0 aliphatic heterocycles. The standard InChI is InChI=1S/C63H128N3/c1-7-13-19-25-31-37-43-49-55-64(56-50-44-38-32-26-20-14-8-2)61-62(65(57-51-45-39-33-27-21-15-9-3)58-52-46-40-34-28-22-16-10-4)63(61)66(59-53-47-41-35-29-23-17-11-5)60-54-48-42-36-30-24-18-12-6/h61-62H,7-60H2,1-6H3/q+1. The summed E-state index contributed by atoms with van der Waals surface area (Å²) in [6.45, 7) is 22.1. The molecule has 1 fully saturated rings. The number of hydrogen-bond acceptors (Lipinski definition) is 2. The van der Waals surface area contributed by atoms with E-state index < -0.39 is 0 Å². The Bertz CT molecular complexity index is 861. The highest BCUT2D eigenvalue weighted by molar-refractivity contribution is 6.08. The van der Waals surface area contributed by atoms with E-state index in [9.17, 15) is 0 Å². The molecular weight excluding hydrogens is 799 g/mol. The summed E-state index contributed by atoms with van der Waals surface area (Å²) < 4.78 is 3.08. The van der Waals surface area contributed by atoms with Gasteiger partial charge in [-0.25, -0.2) is 4.58 Å². The molecule has 1 saturated carbocycles. The molecule has 0 aromatic rings. The molecule has 66 heavy (non-hydrogen) atoms. The second kappa shape index (κ2) is 51.0. The minimum atomic E-state index is 0.672. The fourth-order valence-electron chi connectivity index (χ4n) is 11.2. The lowest BCUT2D eigenvalue weighted by molar-refractivity contribution is -0.528. The van der Waals surface area contributed by atoms with Crippen molar-refractivity contribution in [2.75, 3.05) is 39.3 Å². The van der Waals surface area contributed by atoms with E-state index in [1.807, 2.05) is 5.71 Å². The molecule has 0 amide bonds. The van der Waals surface area contributed by atoms with Crippen molar-refractivity contribution in [2.24, 2.45) is 0 Å². The highest BCUT2D eigenvalue weighted by Crippen LogP contribution is 2.34. The van der Waals surface area contributed by atoms with Crippen molar-refractivity contribution in [1.82, 2.24) is 9.80 Å². The fraction of sp³-hybridized carbons (Fsp3) is 0.984. The van der Waals surface area contributed by atoms with Gasteiger partial charge in [-0.3, -0.25) is 9.80 Å². The third kappa shape index (κ3) is 37.4. The lowest BCUT2D eigenvalue weighted by atomic mass is 10.1. The van der Waals surface area contributed by atoms with E-state index in [1.165, 1.54) is 347 Å². The van der Waals surface area contributed by atoms with Crippen LogP contribution in [-0.4, -0.2) is 71.4 Å². The third-order valence-electron chi connectivity index (χ3n) is 15.7. The Morgan fingerprint density at radius 1 is 0.227 bits per heavy atom. The normalized spacial score (nSPS) is 15.0. The summed E-state index contributed by atoms with van der Waals surface area (Å²) in [5.74, 6) is 0. The van der Waals surface area contributed by atoms with Crippen molar-refractivity contribution in [1.29, 1.82) is 0 Å². The largest absolute Gasteiger partial charge is 0.290 e. The monoisotopic (exact) mass is 927 g/mol. The van der Waals surface area contributed by atoms with Crippen molar-refractivity contribution in [2.45, 2.75) is 362 Å². The molecule has 0 bridgehead atoms. The highest BCUT2D eigenvalue weighted by Gasteiger charge is 2.59. The Morgan fingerprint density at radius 3 is 0.591 bits per heavy atom. The van der Waals surface area contributed by atoms with Gasteiger partial charge >= 0.3 is 0 Å². The number of nitrogens with zero attached hydrogens (tertiary/aromatic N) is 3. The van der Waals surface area contributed by atoms with Crippen LogP contribution in [-0.2, 0) is 0 Å². The second-order valence-corrected chi connectivity index (χ2v) is 22.2. The van der Waals surface area contributed by atoms with Crippen molar-refractivity contribution in [3.8, 4) is 0 Å². The van der Waals surface area contributed by atoms with Crippen LogP contribution >= 0.6 is 0 Å². The Balaban J connectivity index is 3.42. The van der Waals surface area contributed by atoms with Gasteiger partial charge < -0.3 is 0 Å². The summed E-state index contributed by atoms with van der Waals surface area (Å²) in [6.07, 6.45) is 68.6. The van der Waals surface area contributed by atoms with Gasteiger partial charge in [0.15, 0.2) is 5.71 Å². The molecule has 1 aliphatic rings. The van der Waals surface area contributed by atoms with Gasteiger partial charge in [0.25, 0.3) is 0 Å². The summed E-state index contributed by atoms with van der Waals surface area (Å²) in [5.41, 5.74) is 1.90. The lowest BCUT2D eigenvalue weighted by Crippen LogP contribution is -2.37. The van der Waals surface area contributed by atoms with Gasteiger partial charge in [0, 0.05) is 12.8 Å². The van der Waals surface area contributed by atoms with Gasteiger partial charge in [-0.2, -0.15) is 0 Å². The Morgan fingerprint density at radius 2 is 0.394 bits per heavy atom. The van der Waals surface area contributed by atoms with E-state index in [-0.39, 0.29) is 0 Å². The van der Waals surface area contributed by atoms with Crippen molar-refractivity contribution in [3.63, 3.8) is 0 Å². The molecule has 0 spiro atoms. The van der Waals surface area contributed by atoms with Gasteiger partial charge in [-0.1, -0.05) is 298 Å². The predicted octanol–water partition coefficient (Wildman–Crippen LogP) is 20.6. The Hall–Kier alpha value is -0.410. The van der Waals surface area contributed by atoms with Crippen LogP contribution in [0.3, 0.4) is 0 Å². The molecular formula is C63H128N3+. The first kappa shape index (κ1) is 63.6. The number of rotatable bonds is 56. The second-order valence-electron chi connectivity index (χ2n) is 22.2. The van der Waals surface area contributed by atoms with Gasteiger partial charge in [0.05, 0.1) is 0 Å². The van der Waals surface area contributed by atoms with Crippen LogP contribution in [0.5, 0.6) is 0 Å². The average molecular weight is 928 g/mol. The van der Waals surface area contributed by atoms with Crippen LogP contribution in [0.4, 0.5) is 0 Å². The zero-order valence-corrected chi connectivity index (χ0v) is 47.2. The van der Waals surface area contributed by atoms with Crippen LogP contribution in [0.25, 0.3) is 0 Å². The topological polar surface area (TPSA) is 9.49 Å². The zero-order valence-electron chi connectivity index (χ0n) is 47.2. The summed E-state index contributed by atoms with van der Waals surface area (Å²) in [4.78, 5) is 6.24. The van der Waals surface area contributed by atoms with E-state index in [1.54, 1.807) is 0 Å². The fourth-order valence-corrected chi connectivity index (χ4v) is 11.2. The third-order valence-corrected chi connectivity index (χ3v) is 15.7. The number of unbranched alkanes of at least 4 members (excludes halogenated alkanes) is 42. The summed E-state index contributed by atoms with van der Waals surface area (Å²) in [5, 5.41) is 0. The maximum atomic E-state index is 3.12. The molecule has 0 N–H and O–H groups in total. The summed E-state index contributed by atoms with van der Waals surface area (Å²) in [7, 11) is 0. The molecule has 0 aromatic heterocycles. The summed E-state index contributed by atoms with van der Waals surface area (Å²) >= 11 is 0. The van der Waals surface area contributed by atoms with Crippen molar-refractivity contribution >= 4 is 5.71 Å². The van der Waals surface area contributed by atoms with Crippen molar-refractivity contribution < 1.29 is 4.58 Å². The van der Waals surface area contributed by atoms with E-state index in [0.717, 1.165) is 0 Å². The molecule has 0 radical (unpaired) electrons.